The molecule has 1 aromatic heterocycles. The molecule has 0 spiro atoms. The Morgan fingerprint density at radius 1 is 0.967 bits per heavy atom. The summed E-state index contributed by atoms with van der Waals surface area (Å²) in [4.78, 5) is 1.61. The molecule has 4 nitrogen and oxygen atoms in total. The Bertz CT molecular complexity index is 1130. The van der Waals surface area contributed by atoms with E-state index in [1.807, 2.05) is 30.4 Å². The van der Waals surface area contributed by atoms with Gasteiger partial charge in [-0.05, 0) is 66.6 Å². The molecule has 3 atom stereocenters. The molecule has 1 fully saturated rings. The minimum absolute atomic E-state index is 0.103. The number of fused-ring (bicyclic) bond motifs is 3. The molecule has 30 heavy (non-hydrogen) atoms. The number of hydrogen-bond donors (Lipinski definition) is 0. The maximum Gasteiger partial charge on any atom is 0.339 e. The number of thiophene rings is 1. The first-order valence-electron chi connectivity index (χ1n) is 10.4. The monoisotopic (exact) mass is 440 g/mol. The smallest absolute Gasteiger partial charge is 0.339 e. The van der Waals surface area contributed by atoms with Crippen molar-refractivity contribution in [2.24, 2.45) is 0 Å². The van der Waals surface area contributed by atoms with Crippen LogP contribution in [0.4, 0.5) is 0 Å². The molecule has 5 rings (SSSR count). The van der Waals surface area contributed by atoms with Crippen molar-refractivity contribution in [2.45, 2.75) is 55.6 Å². The van der Waals surface area contributed by atoms with E-state index in [-0.39, 0.29) is 17.1 Å². The van der Waals surface area contributed by atoms with Crippen LogP contribution in [-0.2, 0) is 14.9 Å². The number of rotatable bonds is 4. The molecule has 0 unspecified atom stereocenters. The van der Waals surface area contributed by atoms with E-state index in [0.29, 0.717) is 11.7 Å². The van der Waals surface area contributed by atoms with Crippen molar-refractivity contribution < 1.29 is 17.3 Å². The molecule has 156 valence electrons. The Kier molecular flexibility index (Phi) is 5.17. The van der Waals surface area contributed by atoms with Crippen molar-refractivity contribution in [3.63, 3.8) is 0 Å². The van der Waals surface area contributed by atoms with Crippen LogP contribution in [0.2, 0.25) is 0 Å². The van der Waals surface area contributed by atoms with E-state index in [1.165, 1.54) is 29.7 Å². The van der Waals surface area contributed by atoms with Gasteiger partial charge >= 0.3 is 10.1 Å². The van der Waals surface area contributed by atoms with Crippen LogP contribution < -0.4 is 4.18 Å². The van der Waals surface area contributed by atoms with Crippen molar-refractivity contribution in [3.8, 4) is 5.75 Å². The molecular formula is C24H24O4S2. The maximum atomic E-state index is 12.5. The van der Waals surface area contributed by atoms with Gasteiger partial charge in [0.2, 0.25) is 0 Å². The third-order valence-corrected chi connectivity index (χ3v) is 8.38. The third kappa shape index (κ3) is 3.68. The lowest BCUT2D eigenvalue weighted by Crippen LogP contribution is -2.32. The van der Waals surface area contributed by atoms with Crippen molar-refractivity contribution in [1.82, 2.24) is 0 Å². The lowest BCUT2D eigenvalue weighted by Gasteiger charge is -2.39. The molecule has 1 aliphatic carbocycles. The van der Waals surface area contributed by atoms with Crippen LogP contribution in [0.3, 0.4) is 0 Å². The summed E-state index contributed by atoms with van der Waals surface area (Å²) in [6.45, 7) is 1.91. The zero-order valence-electron chi connectivity index (χ0n) is 16.8. The van der Waals surface area contributed by atoms with Gasteiger partial charge in [0, 0.05) is 10.8 Å². The highest BCUT2D eigenvalue weighted by atomic mass is 32.2. The molecule has 0 bridgehead atoms. The van der Waals surface area contributed by atoms with Crippen molar-refractivity contribution in [2.75, 3.05) is 0 Å². The molecule has 6 heteroatoms. The second-order valence-electron chi connectivity index (χ2n) is 8.11. The Morgan fingerprint density at radius 3 is 2.47 bits per heavy atom. The van der Waals surface area contributed by atoms with Crippen LogP contribution in [0.25, 0.3) is 0 Å². The average molecular weight is 441 g/mol. The highest BCUT2D eigenvalue weighted by Gasteiger charge is 2.38. The standard InChI is InChI=1S/C24H24O4S2/c1-16-6-12-19(13-7-16)30(25,26)28-18-10-8-17(9-11-18)23-21-14-15-29-24(21)20-4-2-3-5-22(20)27-23/h6-15,20,22-23H,2-5H2,1H3/t20-,22+,23+/m1/s1. The van der Waals surface area contributed by atoms with Gasteiger partial charge in [0.05, 0.1) is 6.10 Å². The van der Waals surface area contributed by atoms with Crippen LogP contribution in [0, 0.1) is 6.92 Å². The molecule has 1 aliphatic heterocycles. The Morgan fingerprint density at radius 2 is 1.70 bits per heavy atom. The number of hydrogen-bond acceptors (Lipinski definition) is 5. The van der Waals surface area contributed by atoms with Crippen LogP contribution >= 0.6 is 11.3 Å². The van der Waals surface area contributed by atoms with Crippen LogP contribution in [0.15, 0.2) is 64.9 Å². The highest BCUT2D eigenvalue weighted by Crippen LogP contribution is 2.49. The Labute approximate surface area is 181 Å². The normalized spacial score (nSPS) is 23.4. The fourth-order valence-electron chi connectivity index (χ4n) is 4.49. The topological polar surface area (TPSA) is 52.6 Å². The lowest BCUT2D eigenvalue weighted by atomic mass is 9.80. The average Bonchev–Trinajstić information content (AvgIpc) is 3.24. The van der Waals surface area contributed by atoms with Gasteiger partial charge in [-0.3, -0.25) is 0 Å². The highest BCUT2D eigenvalue weighted by molar-refractivity contribution is 7.87. The zero-order valence-corrected chi connectivity index (χ0v) is 18.4. The molecular weight excluding hydrogens is 416 g/mol. The van der Waals surface area contributed by atoms with Crippen molar-refractivity contribution in [3.05, 3.63) is 81.5 Å². The van der Waals surface area contributed by atoms with Crippen LogP contribution in [0.5, 0.6) is 5.75 Å². The van der Waals surface area contributed by atoms with E-state index in [4.69, 9.17) is 8.92 Å². The van der Waals surface area contributed by atoms with Gasteiger partial charge in [-0.2, -0.15) is 8.42 Å². The second kappa shape index (κ2) is 7.84. The second-order valence-corrected chi connectivity index (χ2v) is 10.6. The SMILES string of the molecule is Cc1ccc(S(=O)(=O)Oc2ccc([C@@H]3O[C@H]4CCCC[C@H]4c4sccc43)cc2)cc1. The molecule has 2 aliphatic rings. The molecule has 0 radical (unpaired) electrons. The summed E-state index contributed by atoms with van der Waals surface area (Å²) < 4.78 is 37.0. The Balaban J connectivity index is 1.38. The van der Waals surface area contributed by atoms with E-state index >= 15 is 0 Å². The summed E-state index contributed by atoms with van der Waals surface area (Å²) in [5, 5.41) is 2.16. The van der Waals surface area contributed by atoms with Gasteiger partial charge in [-0.15, -0.1) is 11.3 Å². The zero-order chi connectivity index (χ0) is 20.7. The Hall–Kier alpha value is -2.15. The predicted molar refractivity (Wildman–Crippen MR) is 118 cm³/mol. The summed E-state index contributed by atoms with van der Waals surface area (Å²) in [7, 11) is -3.85. The molecule has 0 N–H and O–H groups in total. The molecule has 1 saturated carbocycles. The van der Waals surface area contributed by atoms with Crippen molar-refractivity contribution >= 4 is 21.5 Å². The minimum Gasteiger partial charge on any atom is -0.379 e. The summed E-state index contributed by atoms with van der Waals surface area (Å²) in [6.07, 6.45) is 4.97. The number of ether oxygens (including phenoxy) is 1. The first kappa shape index (κ1) is 19.8. The fourth-order valence-corrected chi connectivity index (χ4v) is 6.54. The summed E-state index contributed by atoms with van der Waals surface area (Å²) in [5.41, 5.74) is 3.28. The quantitative estimate of drug-likeness (QED) is 0.469. The molecule has 0 amide bonds. The summed E-state index contributed by atoms with van der Waals surface area (Å²) in [5.74, 6) is 0.823. The minimum atomic E-state index is -3.85. The molecule has 3 aromatic rings. The van der Waals surface area contributed by atoms with Gasteiger partial charge in [0.25, 0.3) is 0 Å². The predicted octanol–water partition coefficient (Wildman–Crippen LogP) is 5.97. The van der Waals surface area contributed by atoms with Crippen LogP contribution in [0.1, 0.15) is 59.3 Å². The summed E-state index contributed by atoms with van der Waals surface area (Å²) >= 11 is 1.84. The van der Waals surface area contributed by atoms with Gasteiger partial charge in [-0.1, -0.05) is 42.7 Å². The lowest BCUT2D eigenvalue weighted by molar-refractivity contribution is -0.0374. The molecule has 0 saturated heterocycles. The fraction of sp³-hybridized carbons (Fsp3) is 0.333. The van der Waals surface area contributed by atoms with Crippen LogP contribution in [-0.4, -0.2) is 14.5 Å². The van der Waals surface area contributed by atoms with E-state index in [9.17, 15) is 8.42 Å². The van der Waals surface area contributed by atoms with E-state index in [0.717, 1.165) is 17.5 Å². The first-order valence-corrected chi connectivity index (χ1v) is 12.6. The van der Waals surface area contributed by atoms with Gasteiger partial charge in [0.15, 0.2) is 0 Å². The first-order chi connectivity index (χ1) is 14.5. The van der Waals surface area contributed by atoms with E-state index in [1.54, 1.807) is 36.4 Å². The number of benzene rings is 2. The summed E-state index contributed by atoms with van der Waals surface area (Å²) in [6, 6.07) is 16.1. The van der Waals surface area contributed by atoms with E-state index in [2.05, 4.69) is 11.4 Å². The largest absolute Gasteiger partial charge is 0.379 e. The van der Waals surface area contributed by atoms with Crippen molar-refractivity contribution in [1.29, 1.82) is 0 Å². The van der Waals surface area contributed by atoms with Gasteiger partial charge in [-0.25, -0.2) is 0 Å². The van der Waals surface area contributed by atoms with E-state index < -0.39 is 10.1 Å². The maximum absolute atomic E-state index is 12.5. The third-order valence-electron chi connectivity index (χ3n) is 6.06. The van der Waals surface area contributed by atoms with Gasteiger partial charge in [0.1, 0.15) is 16.7 Å². The molecule has 2 aromatic carbocycles. The number of aryl methyl sites for hydroxylation is 1. The van der Waals surface area contributed by atoms with Gasteiger partial charge < -0.3 is 8.92 Å². The molecule has 2 heterocycles.